The highest BCUT2D eigenvalue weighted by Gasteiger charge is 2.40. The smallest absolute Gasteiger partial charge is 0.251 e. The average Bonchev–Trinajstić information content (AvgIpc) is 3.24. The quantitative estimate of drug-likeness (QED) is 0.636. The number of piperidine rings is 1. The van der Waals surface area contributed by atoms with Crippen molar-refractivity contribution in [3.8, 4) is 0 Å². The lowest BCUT2D eigenvalue weighted by Crippen LogP contribution is -2.44. The van der Waals surface area contributed by atoms with Crippen LogP contribution in [0.15, 0.2) is 42.5 Å². The summed E-state index contributed by atoms with van der Waals surface area (Å²) < 4.78 is 0. The van der Waals surface area contributed by atoms with E-state index in [1.165, 1.54) is 0 Å². The fourth-order valence-electron chi connectivity index (χ4n) is 4.76. The summed E-state index contributed by atoms with van der Waals surface area (Å²) in [6.45, 7) is 3.60. The van der Waals surface area contributed by atoms with Gasteiger partial charge in [-0.25, -0.2) is 0 Å². The summed E-state index contributed by atoms with van der Waals surface area (Å²) in [4.78, 5) is 41.5. The van der Waals surface area contributed by atoms with E-state index in [4.69, 9.17) is 34.8 Å². The summed E-state index contributed by atoms with van der Waals surface area (Å²) in [7, 11) is 0. The van der Waals surface area contributed by atoms with E-state index >= 15 is 0 Å². The van der Waals surface area contributed by atoms with E-state index < -0.39 is 0 Å². The van der Waals surface area contributed by atoms with Gasteiger partial charge in [0.25, 0.3) is 5.91 Å². The molecule has 0 bridgehead atoms. The van der Waals surface area contributed by atoms with Crippen molar-refractivity contribution in [1.82, 2.24) is 15.1 Å². The van der Waals surface area contributed by atoms with Gasteiger partial charge in [0.15, 0.2) is 0 Å². The molecule has 2 atom stereocenters. The van der Waals surface area contributed by atoms with Gasteiger partial charge >= 0.3 is 0 Å². The van der Waals surface area contributed by atoms with Crippen LogP contribution in [0.4, 0.5) is 0 Å². The van der Waals surface area contributed by atoms with Crippen molar-refractivity contribution in [2.75, 3.05) is 26.2 Å². The second-order valence-corrected chi connectivity index (χ2v) is 10.1. The molecule has 180 valence electrons. The Kier molecular flexibility index (Phi) is 7.70. The van der Waals surface area contributed by atoms with Gasteiger partial charge < -0.3 is 15.1 Å². The molecule has 2 aromatic carbocycles. The van der Waals surface area contributed by atoms with Crippen LogP contribution in [0.1, 0.15) is 41.6 Å². The van der Waals surface area contributed by atoms with Crippen LogP contribution < -0.4 is 5.32 Å². The second kappa shape index (κ2) is 10.5. The fraction of sp³-hybridized carbons (Fsp3) is 0.400. The van der Waals surface area contributed by atoms with Gasteiger partial charge in [0.2, 0.25) is 11.8 Å². The van der Waals surface area contributed by atoms with Crippen molar-refractivity contribution in [3.63, 3.8) is 0 Å². The summed E-state index contributed by atoms with van der Waals surface area (Å²) in [5.74, 6) is -0.382. The first-order valence-electron chi connectivity index (χ1n) is 11.3. The molecule has 2 saturated heterocycles. The molecule has 3 amide bonds. The standard InChI is InChI=1S/C25H26Cl3N3O3/c1-15(32)30-10-8-17(9-11-30)25(34)31-13-20(18-4-7-21(27)22(28)12-18)23(14-31)29-24(33)16-2-5-19(26)6-3-16/h2-7,12,17,20,23H,8-11,13-14H2,1H3,(H,29,33)/t20-,23-/m1/s1. The number of hydrogen-bond donors (Lipinski definition) is 1. The number of nitrogens with one attached hydrogen (secondary N) is 1. The predicted molar refractivity (Wildman–Crippen MR) is 133 cm³/mol. The number of carbonyl (C=O) groups is 3. The van der Waals surface area contributed by atoms with Gasteiger partial charge in [0.1, 0.15) is 0 Å². The van der Waals surface area contributed by atoms with Crippen LogP contribution >= 0.6 is 34.8 Å². The van der Waals surface area contributed by atoms with Crippen molar-refractivity contribution in [2.45, 2.75) is 31.7 Å². The molecule has 0 saturated carbocycles. The van der Waals surface area contributed by atoms with Crippen LogP contribution in [-0.2, 0) is 9.59 Å². The Morgan fingerprint density at radius 2 is 1.56 bits per heavy atom. The van der Waals surface area contributed by atoms with Gasteiger partial charge in [-0.15, -0.1) is 0 Å². The number of hydrogen-bond acceptors (Lipinski definition) is 3. The first-order valence-corrected chi connectivity index (χ1v) is 12.4. The molecule has 6 nitrogen and oxygen atoms in total. The number of benzene rings is 2. The molecule has 0 spiro atoms. The lowest BCUT2D eigenvalue weighted by atomic mass is 9.94. The highest BCUT2D eigenvalue weighted by atomic mass is 35.5. The summed E-state index contributed by atoms with van der Waals surface area (Å²) in [5, 5.41) is 4.54. The second-order valence-electron chi connectivity index (χ2n) is 8.89. The number of likely N-dealkylation sites (tertiary alicyclic amines) is 2. The zero-order valence-corrected chi connectivity index (χ0v) is 21.0. The maximum Gasteiger partial charge on any atom is 0.251 e. The molecule has 9 heteroatoms. The van der Waals surface area contributed by atoms with Gasteiger partial charge in [0.05, 0.1) is 16.1 Å². The largest absolute Gasteiger partial charge is 0.347 e. The van der Waals surface area contributed by atoms with Crippen molar-refractivity contribution in [3.05, 3.63) is 68.7 Å². The third kappa shape index (κ3) is 5.51. The summed E-state index contributed by atoms with van der Waals surface area (Å²) in [6, 6.07) is 11.8. The zero-order valence-electron chi connectivity index (χ0n) is 18.8. The molecule has 0 aromatic heterocycles. The molecule has 0 radical (unpaired) electrons. The Hall–Kier alpha value is -2.28. The van der Waals surface area contributed by atoms with E-state index in [-0.39, 0.29) is 35.6 Å². The molecule has 2 aliphatic heterocycles. The lowest BCUT2D eigenvalue weighted by molar-refractivity contribution is -0.139. The number of carbonyl (C=O) groups excluding carboxylic acids is 3. The number of halogens is 3. The number of amides is 3. The summed E-state index contributed by atoms with van der Waals surface area (Å²) in [6.07, 6.45) is 1.29. The van der Waals surface area contributed by atoms with Crippen LogP contribution in [0.3, 0.4) is 0 Å². The Bertz CT molecular complexity index is 1080. The van der Waals surface area contributed by atoms with Gasteiger partial charge in [-0.2, -0.15) is 0 Å². The van der Waals surface area contributed by atoms with Crippen LogP contribution in [0.2, 0.25) is 15.1 Å². The summed E-state index contributed by atoms with van der Waals surface area (Å²) in [5.41, 5.74) is 1.41. The Morgan fingerprint density at radius 3 is 2.18 bits per heavy atom. The highest BCUT2D eigenvalue weighted by Crippen LogP contribution is 2.34. The van der Waals surface area contributed by atoms with Crippen LogP contribution in [0.25, 0.3) is 0 Å². The molecular weight excluding hydrogens is 497 g/mol. The van der Waals surface area contributed by atoms with E-state index in [0.717, 1.165) is 5.56 Å². The molecule has 4 rings (SSSR count). The van der Waals surface area contributed by atoms with E-state index in [1.54, 1.807) is 48.2 Å². The van der Waals surface area contributed by atoms with E-state index in [0.29, 0.717) is 59.7 Å². The minimum absolute atomic E-state index is 0.0386. The molecule has 2 heterocycles. The molecule has 0 unspecified atom stereocenters. The number of rotatable bonds is 4. The Balaban J connectivity index is 1.52. The topological polar surface area (TPSA) is 69.7 Å². The summed E-state index contributed by atoms with van der Waals surface area (Å²) >= 11 is 18.3. The van der Waals surface area contributed by atoms with Gasteiger partial charge in [-0.3, -0.25) is 14.4 Å². The fourth-order valence-corrected chi connectivity index (χ4v) is 5.20. The monoisotopic (exact) mass is 521 g/mol. The molecule has 1 N–H and O–H groups in total. The molecule has 2 fully saturated rings. The first-order chi connectivity index (χ1) is 16.2. The first kappa shape index (κ1) is 24.8. The van der Waals surface area contributed by atoms with Crippen molar-refractivity contribution >= 4 is 52.5 Å². The maximum atomic E-state index is 13.4. The molecule has 34 heavy (non-hydrogen) atoms. The SMILES string of the molecule is CC(=O)N1CCC(C(=O)N2C[C@H](c3ccc(Cl)c(Cl)c3)[C@H](NC(=O)c3ccc(Cl)cc3)C2)CC1. The van der Waals surface area contributed by atoms with Crippen molar-refractivity contribution in [1.29, 1.82) is 0 Å². The molecular formula is C25H26Cl3N3O3. The van der Waals surface area contributed by atoms with Gasteiger partial charge in [-0.05, 0) is 54.8 Å². The normalized spacial score (nSPS) is 20.9. The van der Waals surface area contributed by atoms with Gasteiger partial charge in [-0.1, -0.05) is 40.9 Å². The van der Waals surface area contributed by atoms with E-state index in [9.17, 15) is 14.4 Å². The van der Waals surface area contributed by atoms with E-state index in [2.05, 4.69) is 5.32 Å². The maximum absolute atomic E-state index is 13.4. The van der Waals surface area contributed by atoms with Gasteiger partial charge in [0, 0.05) is 55.5 Å². The van der Waals surface area contributed by atoms with E-state index in [1.807, 2.05) is 11.0 Å². The van der Waals surface area contributed by atoms with Crippen LogP contribution in [0.5, 0.6) is 0 Å². The third-order valence-corrected chi connectivity index (χ3v) is 7.71. The minimum Gasteiger partial charge on any atom is -0.347 e. The Labute approximate surface area is 214 Å². The van der Waals surface area contributed by atoms with Crippen molar-refractivity contribution in [2.24, 2.45) is 5.92 Å². The number of nitrogens with zero attached hydrogens (tertiary/aromatic N) is 2. The predicted octanol–water partition coefficient (Wildman–Crippen LogP) is 4.63. The minimum atomic E-state index is -0.290. The molecule has 2 aromatic rings. The highest BCUT2D eigenvalue weighted by molar-refractivity contribution is 6.42. The average molecular weight is 523 g/mol. The van der Waals surface area contributed by atoms with Crippen molar-refractivity contribution < 1.29 is 14.4 Å². The lowest BCUT2D eigenvalue weighted by Gasteiger charge is -2.32. The van der Waals surface area contributed by atoms with Crippen LogP contribution in [0, 0.1) is 5.92 Å². The molecule has 0 aliphatic carbocycles. The molecule has 2 aliphatic rings. The van der Waals surface area contributed by atoms with Crippen LogP contribution in [-0.4, -0.2) is 59.7 Å². The third-order valence-electron chi connectivity index (χ3n) is 6.72. The zero-order chi connectivity index (χ0) is 24.4. The Morgan fingerprint density at radius 1 is 0.882 bits per heavy atom.